The number of fused-ring (bicyclic) bond motifs is 1. The van der Waals surface area contributed by atoms with Crippen molar-refractivity contribution in [1.29, 1.82) is 0 Å². The molecule has 6 heteroatoms. The zero-order valence-electron chi connectivity index (χ0n) is 11.2. The molecular weight excluding hydrogens is 260 g/mol. The highest BCUT2D eigenvalue weighted by molar-refractivity contribution is 7.15. The first kappa shape index (κ1) is 12.6. The fraction of sp³-hybridized carbons (Fsp3) is 0.538. The van der Waals surface area contributed by atoms with Gasteiger partial charge in [0.15, 0.2) is 0 Å². The highest BCUT2D eigenvalue weighted by Crippen LogP contribution is 2.29. The summed E-state index contributed by atoms with van der Waals surface area (Å²) in [6, 6.07) is 0.160. The number of nitrogens with zero attached hydrogens (tertiary/aromatic N) is 3. The van der Waals surface area contributed by atoms with Gasteiger partial charge >= 0.3 is 0 Å². The number of piperidine rings is 1. The minimum atomic E-state index is -0.0298. The van der Waals surface area contributed by atoms with E-state index in [4.69, 9.17) is 5.73 Å². The maximum absolute atomic E-state index is 12.6. The topological polar surface area (TPSA) is 63.6 Å². The molecule has 0 spiro atoms. The van der Waals surface area contributed by atoms with Crippen LogP contribution < -0.4 is 5.73 Å². The highest BCUT2D eigenvalue weighted by atomic mass is 32.1. The molecule has 3 heterocycles. The van der Waals surface area contributed by atoms with Crippen LogP contribution >= 0.6 is 11.3 Å². The Morgan fingerprint density at radius 1 is 1.58 bits per heavy atom. The molecule has 102 valence electrons. The molecule has 0 aliphatic carbocycles. The van der Waals surface area contributed by atoms with E-state index in [1.165, 1.54) is 0 Å². The first-order chi connectivity index (χ1) is 8.99. The third-order valence-corrected chi connectivity index (χ3v) is 4.86. The lowest BCUT2D eigenvalue weighted by Gasteiger charge is -2.42. The minimum Gasteiger partial charge on any atom is -0.337 e. The highest BCUT2D eigenvalue weighted by Gasteiger charge is 2.36. The van der Waals surface area contributed by atoms with Crippen molar-refractivity contribution in [2.24, 2.45) is 11.1 Å². The van der Waals surface area contributed by atoms with E-state index in [1.54, 1.807) is 23.9 Å². The Kier molecular flexibility index (Phi) is 2.87. The Balaban J connectivity index is 1.87. The average Bonchev–Trinajstić information content (AvgIpc) is 2.93. The molecule has 2 N–H and O–H groups in total. The summed E-state index contributed by atoms with van der Waals surface area (Å²) < 4.78 is 1.86. The van der Waals surface area contributed by atoms with Gasteiger partial charge in [-0.2, -0.15) is 0 Å². The van der Waals surface area contributed by atoms with E-state index in [0.717, 1.165) is 17.8 Å². The van der Waals surface area contributed by atoms with Crippen molar-refractivity contribution in [2.45, 2.75) is 26.3 Å². The van der Waals surface area contributed by atoms with Gasteiger partial charge < -0.3 is 10.6 Å². The molecule has 1 atom stereocenters. The average molecular weight is 278 g/mol. The number of likely N-dealkylation sites (tertiary alicyclic amines) is 1. The van der Waals surface area contributed by atoms with E-state index in [1.807, 2.05) is 14.7 Å². The van der Waals surface area contributed by atoms with Crippen LogP contribution in [0.25, 0.3) is 4.83 Å². The first-order valence-corrected chi connectivity index (χ1v) is 7.31. The number of imidazole rings is 1. The summed E-state index contributed by atoms with van der Waals surface area (Å²) in [7, 11) is 0. The van der Waals surface area contributed by atoms with Crippen LogP contribution in [0.4, 0.5) is 0 Å². The van der Waals surface area contributed by atoms with Gasteiger partial charge in [0, 0.05) is 24.5 Å². The second-order valence-corrected chi connectivity index (χ2v) is 6.72. The van der Waals surface area contributed by atoms with E-state index >= 15 is 0 Å². The van der Waals surface area contributed by atoms with Crippen LogP contribution in [-0.2, 0) is 0 Å². The Hall–Kier alpha value is -1.40. The van der Waals surface area contributed by atoms with Crippen molar-refractivity contribution in [1.82, 2.24) is 14.3 Å². The maximum Gasteiger partial charge on any atom is 0.271 e. The van der Waals surface area contributed by atoms with Gasteiger partial charge in [0.05, 0.1) is 6.20 Å². The van der Waals surface area contributed by atoms with Crippen LogP contribution in [0.5, 0.6) is 0 Å². The van der Waals surface area contributed by atoms with E-state index in [0.29, 0.717) is 12.2 Å². The predicted molar refractivity (Wildman–Crippen MR) is 75.3 cm³/mol. The number of carbonyl (C=O) groups excluding carboxylic acids is 1. The molecule has 1 aliphatic rings. The Labute approximate surface area is 116 Å². The molecule has 0 bridgehead atoms. The molecule has 2 aromatic rings. The van der Waals surface area contributed by atoms with Crippen LogP contribution in [0, 0.1) is 5.41 Å². The van der Waals surface area contributed by atoms with E-state index < -0.39 is 0 Å². The summed E-state index contributed by atoms with van der Waals surface area (Å²) in [6.45, 7) is 5.68. The number of carbonyl (C=O) groups is 1. The molecule has 0 radical (unpaired) electrons. The van der Waals surface area contributed by atoms with Gasteiger partial charge in [-0.25, -0.2) is 4.98 Å². The number of hydrogen-bond donors (Lipinski definition) is 1. The zero-order valence-corrected chi connectivity index (χ0v) is 12.0. The normalized spacial score (nSPS) is 22.9. The minimum absolute atomic E-state index is 0.0298. The third-order valence-electron chi connectivity index (χ3n) is 3.97. The first-order valence-electron chi connectivity index (χ1n) is 6.43. The van der Waals surface area contributed by atoms with E-state index in [-0.39, 0.29) is 17.4 Å². The SMILES string of the molecule is CC1(C)CN(C(=O)c2csc3cncn23)CCC1N. The Morgan fingerprint density at radius 3 is 3.11 bits per heavy atom. The number of amides is 1. The number of nitrogens with two attached hydrogens (primary N) is 1. The van der Waals surface area contributed by atoms with Crippen molar-refractivity contribution in [3.63, 3.8) is 0 Å². The Morgan fingerprint density at radius 2 is 2.37 bits per heavy atom. The fourth-order valence-corrected chi connectivity index (χ4v) is 3.41. The molecule has 1 fully saturated rings. The number of thiazole rings is 1. The van der Waals surface area contributed by atoms with Gasteiger partial charge in [0.1, 0.15) is 16.9 Å². The second-order valence-electron chi connectivity index (χ2n) is 5.83. The van der Waals surface area contributed by atoms with Gasteiger partial charge in [-0.05, 0) is 11.8 Å². The second kappa shape index (κ2) is 4.31. The van der Waals surface area contributed by atoms with Gasteiger partial charge in [0.2, 0.25) is 0 Å². The summed E-state index contributed by atoms with van der Waals surface area (Å²) in [5, 5.41) is 1.90. The number of hydrogen-bond acceptors (Lipinski definition) is 4. The summed E-state index contributed by atoms with van der Waals surface area (Å²) in [5.41, 5.74) is 6.78. The van der Waals surface area contributed by atoms with Crippen LogP contribution in [0.15, 0.2) is 17.9 Å². The predicted octanol–water partition coefficient (Wildman–Crippen LogP) is 1.60. The molecule has 1 saturated heterocycles. The molecule has 2 aromatic heterocycles. The maximum atomic E-state index is 12.6. The Bertz CT molecular complexity index is 615. The molecule has 0 aromatic carbocycles. The van der Waals surface area contributed by atoms with E-state index in [9.17, 15) is 4.79 Å². The molecule has 19 heavy (non-hydrogen) atoms. The molecule has 1 aliphatic heterocycles. The third kappa shape index (κ3) is 2.04. The van der Waals surface area contributed by atoms with Crippen LogP contribution in [-0.4, -0.2) is 39.3 Å². The lowest BCUT2D eigenvalue weighted by atomic mass is 9.79. The molecule has 1 amide bonds. The fourth-order valence-electron chi connectivity index (χ4n) is 2.59. The van der Waals surface area contributed by atoms with Gasteiger partial charge in [-0.15, -0.1) is 11.3 Å². The summed E-state index contributed by atoms with van der Waals surface area (Å²) >= 11 is 1.54. The smallest absolute Gasteiger partial charge is 0.271 e. The summed E-state index contributed by atoms with van der Waals surface area (Å²) in [5.74, 6) is 0.0734. The van der Waals surface area contributed by atoms with Crippen molar-refractivity contribution in [3.05, 3.63) is 23.6 Å². The van der Waals surface area contributed by atoms with Crippen LogP contribution in [0.2, 0.25) is 0 Å². The monoisotopic (exact) mass is 278 g/mol. The molecule has 5 nitrogen and oxygen atoms in total. The lowest BCUT2D eigenvalue weighted by molar-refractivity contribution is 0.0526. The number of rotatable bonds is 1. The number of aromatic nitrogens is 2. The molecule has 3 rings (SSSR count). The van der Waals surface area contributed by atoms with Crippen molar-refractivity contribution in [3.8, 4) is 0 Å². The van der Waals surface area contributed by atoms with Crippen molar-refractivity contribution >= 4 is 22.1 Å². The summed E-state index contributed by atoms with van der Waals surface area (Å²) in [6.07, 6.45) is 4.33. The quantitative estimate of drug-likeness (QED) is 0.861. The molecule has 0 saturated carbocycles. The van der Waals surface area contributed by atoms with Crippen molar-refractivity contribution < 1.29 is 4.79 Å². The summed E-state index contributed by atoms with van der Waals surface area (Å²) in [4.78, 5) is 19.6. The van der Waals surface area contributed by atoms with Gasteiger partial charge in [0.25, 0.3) is 5.91 Å². The zero-order chi connectivity index (χ0) is 13.6. The van der Waals surface area contributed by atoms with Gasteiger partial charge in [-0.1, -0.05) is 13.8 Å². The lowest BCUT2D eigenvalue weighted by Crippen LogP contribution is -2.54. The van der Waals surface area contributed by atoms with Crippen LogP contribution in [0.1, 0.15) is 30.8 Å². The van der Waals surface area contributed by atoms with Crippen LogP contribution in [0.3, 0.4) is 0 Å². The molecular formula is C13H18N4OS. The largest absolute Gasteiger partial charge is 0.337 e. The van der Waals surface area contributed by atoms with E-state index in [2.05, 4.69) is 18.8 Å². The molecule has 1 unspecified atom stereocenters. The van der Waals surface area contributed by atoms with Crippen molar-refractivity contribution in [2.75, 3.05) is 13.1 Å². The standard InChI is InChI=1S/C13H18N4OS/c1-13(2)7-16(4-3-10(13)14)12(18)9-6-19-11-5-15-8-17(9)11/h5-6,8,10H,3-4,7,14H2,1-2H3. The van der Waals surface area contributed by atoms with Gasteiger partial charge in [-0.3, -0.25) is 9.20 Å².